The largest absolute Gasteiger partial charge is 0.477 e. The number of anilines is 1. The predicted molar refractivity (Wildman–Crippen MR) is 60.7 cm³/mol. The summed E-state index contributed by atoms with van der Waals surface area (Å²) in [7, 11) is 0. The van der Waals surface area contributed by atoms with Crippen molar-refractivity contribution < 1.29 is 4.74 Å². The molecule has 2 N–H and O–H groups in total. The van der Waals surface area contributed by atoms with Crippen LogP contribution >= 0.6 is 0 Å². The van der Waals surface area contributed by atoms with E-state index in [4.69, 9.17) is 10.5 Å². The molecule has 1 heterocycles. The van der Waals surface area contributed by atoms with Crippen molar-refractivity contribution in [3.8, 4) is 5.88 Å². The van der Waals surface area contributed by atoms with Gasteiger partial charge in [-0.1, -0.05) is 25.3 Å². The maximum absolute atomic E-state index is 5.64. The van der Waals surface area contributed by atoms with Crippen LogP contribution in [0.3, 0.4) is 0 Å². The first-order chi connectivity index (χ1) is 7.34. The zero-order chi connectivity index (χ0) is 10.5. The molecular weight excluding hydrogens is 188 g/mol. The van der Waals surface area contributed by atoms with Crippen molar-refractivity contribution in [1.29, 1.82) is 0 Å². The molecule has 1 saturated carbocycles. The van der Waals surface area contributed by atoms with Gasteiger partial charge < -0.3 is 10.5 Å². The van der Waals surface area contributed by atoms with Crippen LogP contribution < -0.4 is 10.5 Å². The minimum absolute atomic E-state index is 0.524. The SMILES string of the molecule is Nc1cccc(OCC2CCCCC2)n1. The lowest BCUT2D eigenvalue weighted by atomic mass is 9.90. The lowest BCUT2D eigenvalue weighted by molar-refractivity contribution is 0.203. The van der Waals surface area contributed by atoms with Crippen molar-refractivity contribution in [3.05, 3.63) is 18.2 Å². The summed E-state index contributed by atoms with van der Waals surface area (Å²) >= 11 is 0. The second-order valence-corrected chi connectivity index (χ2v) is 4.22. The van der Waals surface area contributed by atoms with Gasteiger partial charge in [0.25, 0.3) is 0 Å². The summed E-state index contributed by atoms with van der Waals surface area (Å²) in [5.41, 5.74) is 5.58. The van der Waals surface area contributed by atoms with E-state index in [1.807, 2.05) is 12.1 Å². The molecule has 0 amide bonds. The fourth-order valence-corrected chi connectivity index (χ4v) is 2.07. The van der Waals surface area contributed by atoms with Crippen LogP contribution in [0.25, 0.3) is 0 Å². The smallest absolute Gasteiger partial charge is 0.215 e. The topological polar surface area (TPSA) is 48.1 Å². The van der Waals surface area contributed by atoms with Crippen molar-refractivity contribution in [3.63, 3.8) is 0 Å². The zero-order valence-corrected chi connectivity index (χ0v) is 8.98. The molecule has 2 rings (SSSR count). The highest BCUT2D eigenvalue weighted by Crippen LogP contribution is 2.24. The van der Waals surface area contributed by atoms with Gasteiger partial charge in [-0.05, 0) is 24.8 Å². The number of hydrogen-bond donors (Lipinski definition) is 1. The molecule has 0 saturated heterocycles. The monoisotopic (exact) mass is 206 g/mol. The van der Waals surface area contributed by atoms with E-state index in [1.54, 1.807) is 6.07 Å². The van der Waals surface area contributed by atoms with Gasteiger partial charge in [-0.2, -0.15) is 4.98 Å². The quantitative estimate of drug-likeness (QED) is 0.827. The van der Waals surface area contributed by atoms with Gasteiger partial charge in [0.05, 0.1) is 6.61 Å². The summed E-state index contributed by atoms with van der Waals surface area (Å²) in [5.74, 6) is 1.89. The Hall–Kier alpha value is -1.25. The van der Waals surface area contributed by atoms with Gasteiger partial charge >= 0.3 is 0 Å². The molecule has 0 aromatic carbocycles. The third-order valence-electron chi connectivity index (χ3n) is 2.94. The summed E-state index contributed by atoms with van der Waals surface area (Å²) in [4.78, 5) is 4.11. The summed E-state index contributed by atoms with van der Waals surface area (Å²) in [5, 5.41) is 0. The van der Waals surface area contributed by atoms with Crippen molar-refractivity contribution in [1.82, 2.24) is 4.98 Å². The Bertz CT molecular complexity index is 308. The molecule has 0 aliphatic heterocycles. The Kier molecular flexibility index (Phi) is 3.43. The molecule has 1 aliphatic rings. The molecule has 1 fully saturated rings. The van der Waals surface area contributed by atoms with Crippen molar-refractivity contribution in [2.24, 2.45) is 5.92 Å². The number of nitrogen functional groups attached to an aromatic ring is 1. The highest BCUT2D eigenvalue weighted by Gasteiger charge is 2.13. The van der Waals surface area contributed by atoms with Crippen LogP contribution in [0.4, 0.5) is 5.82 Å². The summed E-state index contributed by atoms with van der Waals surface area (Å²) in [6, 6.07) is 5.51. The predicted octanol–water partition coefficient (Wildman–Crippen LogP) is 2.62. The number of aromatic nitrogens is 1. The standard InChI is InChI=1S/C12H18N2O/c13-11-7-4-8-12(14-11)15-9-10-5-2-1-3-6-10/h4,7-8,10H,1-3,5-6,9H2,(H2,13,14). The van der Waals surface area contributed by atoms with Crippen LogP contribution in [0, 0.1) is 5.92 Å². The summed E-state index contributed by atoms with van der Waals surface area (Å²) in [6.45, 7) is 0.788. The average molecular weight is 206 g/mol. The molecule has 3 heteroatoms. The minimum atomic E-state index is 0.524. The number of ether oxygens (including phenoxy) is 1. The normalized spacial score (nSPS) is 17.6. The lowest BCUT2D eigenvalue weighted by Crippen LogP contribution is -2.15. The van der Waals surface area contributed by atoms with Crippen LogP contribution in [-0.4, -0.2) is 11.6 Å². The Balaban J connectivity index is 1.81. The molecule has 3 nitrogen and oxygen atoms in total. The van der Waals surface area contributed by atoms with Crippen LogP contribution in [0.1, 0.15) is 32.1 Å². The molecule has 15 heavy (non-hydrogen) atoms. The second kappa shape index (κ2) is 5.01. The molecule has 1 aromatic rings. The van der Waals surface area contributed by atoms with Crippen molar-refractivity contribution in [2.45, 2.75) is 32.1 Å². The molecule has 0 spiro atoms. The molecule has 0 radical (unpaired) electrons. The fraction of sp³-hybridized carbons (Fsp3) is 0.583. The Morgan fingerprint density at radius 2 is 2.07 bits per heavy atom. The average Bonchev–Trinajstić information content (AvgIpc) is 2.28. The van der Waals surface area contributed by atoms with E-state index < -0.39 is 0 Å². The maximum atomic E-state index is 5.64. The molecule has 0 atom stereocenters. The second-order valence-electron chi connectivity index (χ2n) is 4.22. The van der Waals surface area contributed by atoms with E-state index in [-0.39, 0.29) is 0 Å². The van der Waals surface area contributed by atoms with Crippen LogP contribution in [0.15, 0.2) is 18.2 Å². The Morgan fingerprint density at radius 3 is 2.80 bits per heavy atom. The lowest BCUT2D eigenvalue weighted by Gasteiger charge is -2.21. The molecule has 0 bridgehead atoms. The zero-order valence-electron chi connectivity index (χ0n) is 8.98. The molecule has 1 aromatic heterocycles. The van der Waals surface area contributed by atoms with E-state index in [0.29, 0.717) is 17.6 Å². The number of pyridine rings is 1. The van der Waals surface area contributed by atoms with Gasteiger partial charge in [0.15, 0.2) is 0 Å². The minimum Gasteiger partial charge on any atom is -0.477 e. The Labute approximate surface area is 90.7 Å². The first-order valence-electron chi connectivity index (χ1n) is 5.70. The van der Waals surface area contributed by atoms with E-state index in [9.17, 15) is 0 Å². The maximum Gasteiger partial charge on any atom is 0.215 e. The van der Waals surface area contributed by atoms with Gasteiger partial charge in [-0.3, -0.25) is 0 Å². The van der Waals surface area contributed by atoms with Gasteiger partial charge in [0.2, 0.25) is 5.88 Å². The number of nitrogens with zero attached hydrogens (tertiary/aromatic N) is 1. The van der Waals surface area contributed by atoms with Gasteiger partial charge in [-0.15, -0.1) is 0 Å². The van der Waals surface area contributed by atoms with Crippen LogP contribution in [-0.2, 0) is 0 Å². The van der Waals surface area contributed by atoms with Gasteiger partial charge in [-0.25, -0.2) is 0 Å². The van der Waals surface area contributed by atoms with Crippen LogP contribution in [0.5, 0.6) is 5.88 Å². The Morgan fingerprint density at radius 1 is 1.27 bits per heavy atom. The molecular formula is C12H18N2O. The van der Waals surface area contributed by atoms with Crippen molar-refractivity contribution in [2.75, 3.05) is 12.3 Å². The first-order valence-corrected chi connectivity index (χ1v) is 5.70. The van der Waals surface area contributed by atoms with E-state index in [2.05, 4.69) is 4.98 Å². The molecule has 1 aliphatic carbocycles. The highest BCUT2D eigenvalue weighted by atomic mass is 16.5. The van der Waals surface area contributed by atoms with Gasteiger partial charge in [0, 0.05) is 6.07 Å². The van der Waals surface area contributed by atoms with Crippen molar-refractivity contribution >= 4 is 5.82 Å². The van der Waals surface area contributed by atoms with E-state index >= 15 is 0 Å². The van der Waals surface area contributed by atoms with Crippen LogP contribution in [0.2, 0.25) is 0 Å². The highest BCUT2D eigenvalue weighted by molar-refractivity contribution is 5.31. The molecule has 0 unspecified atom stereocenters. The fourth-order valence-electron chi connectivity index (χ4n) is 2.07. The number of rotatable bonds is 3. The number of nitrogens with two attached hydrogens (primary N) is 1. The summed E-state index contributed by atoms with van der Waals surface area (Å²) < 4.78 is 5.64. The van der Waals surface area contributed by atoms with E-state index in [0.717, 1.165) is 6.61 Å². The third kappa shape index (κ3) is 3.11. The summed E-state index contributed by atoms with van der Waals surface area (Å²) in [6.07, 6.45) is 6.66. The van der Waals surface area contributed by atoms with E-state index in [1.165, 1.54) is 32.1 Å². The van der Waals surface area contributed by atoms with Gasteiger partial charge in [0.1, 0.15) is 5.82 Å². The first kappa shape index (κ1) is 10.3. The third-order valence-corrected chi connectivity index (χ3v) is 2.94. The number of hydrogen-bond acceptors (Lipinski definition) is 3. The molecule has 82 valence electrons.